The lowest BCUT2D eigenvalue weighted by atomic mass is 10.2. The van der Waals surface area contributed by atoms with E-state index in [0.29, 0.717) is 22.4 Å². The molecule has 7 nitrogen and oxygen atoms in total. The smallest absolute Gasteiger partial charge is 0.382 e. The van der Waals surface area contributed by atoms with Crippen LogP contribution in [0.3, 0.4) is 0 Å². The summed E-state index contributed by atoms with van der Waals surface area (Å²) in [5.41, 5.74) is 1.89. The van der Waals surface area contributed by atoms with Crippen LogP contribution in [0.1, 0.15) is 0 Å². The average molecular weight is 363 g/mol. The molecule has 0 bridgehead atoms. The first-order valence-electron chi connectivity index (χ1n) is 7.24. The largest absolute Gasteiger partial charge is 0.491 e. The van der Waals surface area contributed by atoms with Gasteiger partial charge in [-0.3, -0.25) is 0 Å². The van der Waals surface area contributed by atoms with Crippen molar-refractivity contribution in [2.75, 3.05) is 0 Å². The van der Waals surface area contributed by atoms with Gasteiger partial charge < -0.3 is 4.74 Å². The second-order valence-corrected chi connectivity index (χ2v) is 5.14. The van der Waals surface area contributed by atoms with Crippen LogP contribution < -0.4 is 4.57 Å². The summed E-state index contributed by atoms with van der Waals surface area (Å²) in [5, 5.41) is 8.05. The highest BCUT2D eigenvalue weighted by Crippen LogP contribution is 2.17. The third-order valence-electron chi connectivity index (χ3n) is 3.26. The zero-order chi connectivity index (χ0) is 18.7. The molecule has 2 heterocycles. The van der Waals surface area contributed by atoms with Crippen LogP contribution in [-0.4, -0.2) is 33.3 Å². The lowest BCUT2D eigenvalue weighted by molar-refractivity contribution is -0.685. The molecule has 0 fully saturated rings. The lowest BCUT2D eigenvalue weighted by Crippen LogP contribution is -2.40. The summed E-state index contributed by atoms with van der Waals surface area (Å²) >= 11 is 0. The number of aromatic nitrogens is 4. The molecule has 0 spiro atoms. The predicted molar refractivity (Wildman–Crippen MR) is 80.1 cm³/mol. The Kier molecular flexibility index (Phi) is 4.57. The van der Waals surface area contributed by atoms with E-state index in [1.54, 1.807) is 24.3 Å². The minimum absolute atomic E-state index is 0.352. The number of esters is 2. The second-order valence-electron chi connectivity index (χ2n) is 5.14. The summed E-state index contributed by atoms with van der Waals surface area (Å²) in [6.45, 7) is -0.557. The fraction of sp³-hybridized carbons (Fsp3) is 0.125. The monoisotopic (exact) mass is 363 g/mol. The first-order chi connectivity index (χ1) is 12.3. The number of rotatable bonds is 3. The van der Waals surface area contributed by atoms with Crippen LogP contribution in [-0.2, 0) is 20.9 Å². The number of para-hydroxylation sites is 1. The molecule has 0 saturated carbocycles. The van der Waals surface area contributed by atoms with Crippen molar-refractivity contribution in [1.82, 2.24) is 15.2 Å². The number of carbonyl (C=O) groups excluding carboxylic acids is 2. The Labute approximate surface area is 144 Å². The van der Waals surface area contributed by atoms with E-state index >= 15 is 0 Å². The second kappa shape index (κ2) is 6.82. The summed E-state index contributed by atoms with van der Waals surface area (Å²) in [6, 6.07) is 10.3. The number of alkyl halides is 3. The maximum atomic E-state index is 12.0. The van der Waals surface area contributed by atoms with Crippen molar-refractivity contribution >= 4 is 23.0 Å². The molecule has 3 aromatic rings. The van der Waals surface area contributed by atoms with E-state index in [1.807, 2.05) is 12.1 Å². The third kappa shape index (κ3) is 3.97. The Morgan fingerprint density at radius 1 is 1.00 bits per heavy atom. The molecule has 0 radical (unpaired) electrons. The molecule has 0 aliphatic rings. The van der Waals surface area contributed by atoms with Gasteiger partial charge in [-0.15, -0.1) is 10.2 Å². The number of halogens is 3. The SMILES string of the molecule is O=C(C[n+]1ccc(-c2nnc3ccccc3n2)cc1)OC(=O)C(F)(F)F. The van der Waals surface area contributed by atoms with E-state index < -0.39 is 24.7 Å². The molecule has 0 aliphatic carbocycles. The van der Waals surface area contributed by atoms with Gasteiger partial charge in [0.15, 0.2) is 18.2 Å². The fourth-order valence-corrected chi connectivity index (χ4v) is 2.06. The van der Waals surface area contributed by atoms with Crippen LogP contribution in [0.2, 0.25) is 0 Å². The van der Waals surface area contributed by atoms with Crippen molar-refractivity contribution in [2.24, 2.45) is 0 Å². The van der Waals surface area contributed by atoms with E-state index in [0.717, 1.165) is 0 Å². The molecule has 0 saturated heterocycles. The van der Waals surface area contributed by atoms with Gasteiger partial charge in [-0.05, 0) is 12.1 Å². The highest BCUT2D eigenvalue weighted by atomic mass is 19.4. The maximum Gasteiger partial charge on any atom is 0.491 e. The average Bonchev–Trinajstić information content (AvgIpc) is 2.61. The van der Waals surface area contributed by atoms with E-state index in [-0.39, 0.29) is 0 Å². The molecule has 132 valence electrons. The highest BCUT2D eigenvalue weighted by Gasteiger charge is 2.42. The molecule has 3 rings (SSSR count). The Hall–Kier alpha value is -3.43. The Bertz CT molecular complexity index is 974. The van der Waals surface area contributed by atoms with Gasteiger partial charge in [0.1, 0.15) is 5.52 Å². The Morgan fingerprint density at radius 2 is 1.65 bits per heavy atom. The van der Waals surface area contributed by atoms with Crippen molar-refractivity contribution in [3.63, 3.8) is 0 Å². The molecular weight excluding hydrogens is 353 g/mol. The Balaban J connectivity index is 1.71. The molecule has 0 atom stereocenters. The van der Waals surface area contributed by atoms with Crippen LogP contribution >= 0.6 is 0 Å². The molecule has 26 heavy (non-hydrogen) atoms. The first-order valence-corrected chi connectivity index (χ1v) is 7.24. The normalized spacial score (nSPS) is 11.3. The van der Waals surface area contributed by atoms with Crippen molar-refractivity contribution in [2.45, 2.75) is 12.7 Å². The molecule has 10 heteroatoms. The minimum atomic E-state index is -5.22. The topological polar surface area (TPSA) is 85.9 Å². The Morgan fingerprint density at radius 3 is 2.31 bits per heavy atom. The van der Waals surface area contributed by atoms with Crippen LogP contribution in [0.15, 0.2) is 48.8 Å². The summed E-state index contributed by atoms with van der Waals surface area (Å²) in [4.78, 5) is 26.3. The highest BCUT2D eigenvalue weighted by molar-refractivity contribution is 5.87. The van der Waals surface area contributed by atoms with E-state index in [2.05, 4.69) is 19.9 Å². The molecule has 1 aromatic carbocycles. The van der Waals surface area contributed by atoms with Gasteiger partial charge >= 0.3 is 18.1 Å². The number of nitrogens with zero attached hydrogens (tertiary/aromatic N) is 4. The molecule has 2 aromatic heterocycles. The molecular formula is C16H10F3N4O3+. The number of benzene rings is 1. The van der Waals surface area contributed by atoms with Crippen LogP contribution in [0.5, 0.6) is 0 Å². The summed E-state index contributed by atoms with van der Waals surface area (Å²) in [7, 11) is 0. The van der Waals surface area contributed by atoms with Gasteiger partial charge in [-0.25, -0.2) is 14.6 Å². The third-order valence-corrected chi connectivity index (χ3v) is 3.26. The summed E-state index contributed by atoms with van der Waals surface area (Å²) in [6.07, 6.45) is -2.37. The van der Waals surface area contributed by atoms with Crippen molar-refractivity contribution in [3.8, 4) is 11.4 Å². The number of pyridine rings is 1. The van der Waals surface area contributed by atoms with Crippen molar-refractivity contribution in [1.29, 1.82) is 0 Å². The summed E-state index contributed by atoms with van der Waals surface area (Å²) < 4.78 is 41.1. The lowest BCUT2D eigenvalue weighted by Gasteiger charge is -2.04. The van der Waals surface area contributed by atoms with Gasteiger partial charge in [0.25, 0.3) is 0 Å². The number of fused-ring (bicyclic) bond motifs is 1. The van der Waals surface area contributed by atoms with Gasteiger partial charge in [-0.2, -0.15) is 17.7 Å². The van der Waals surface area contributed by atoms with Crippen LogP contribution in [0.4, 0.5) is 13.2 Å². The van der Waals surface area contributed by atoms with Gasteiger partial charge in [0, 0.05) is 17.7 Å². The zero-order valence-electron chi connectivity index (χ0n) is 13.0. The first kappa shape index (κ1) is 17.4. The fourth-order valence-electron chi connectivity index (χ4n) is 2.06. The number of hydrogen-bond acceptors (Lipinski definition) is 6. The maximum absolute atomic E-state index is 12.0. The standard InChI is InChI=1S/C16H10F3N4O3/c17-16(18,19)15(25)26-13(24)9-23-7-5-10(6-8-23)14-20-11-3-1-2-4-12(11)21-22-14/h1-8H,9H2/q+1. The number of carbonyl (C=O) groups is 2. The van der Waals surface area contributed by atoms with Gasteiger partial charge in [0.2, 0.25) is 6.54 Å². The van der Waals surface area contributed by atoms with Gasteiger partial charge in [-0.1, -0.05) is 12.1 Å². The van der Waals surface area contributed by atoms with E-state index in [9.17, 15) is 22.8 Å². The quantitative estimate of drug-likeness (QED) is 0.399. The number of hydrogen-bond donors (Lipinski definition) is 0. The molecule has 0 unspecified atom stereocenters. The van der Waals surface area contributed by atoms with Crippen molar-refractivity contribution < 1.29 is 32.1 Å². The van der Waals surface area contributed by atoms with E-state index in [1.165, 1.54) is 17.0 Å². The van der Waals surface area contributed by atoms with Crippen molar-refractivity contribution in [3.05, 3.63) is 48.8 Å². The number of ether oxygens (including phenoxy) is 1. The summed E-state index contributed by atoms with van der Waals surface area (Å²) in [5.74, 6) is -3.52. The predicted octanol–water partition coefficient (Wildman–Crippen LogP) is 1.61. The zero-order valence-corrected chi connectivity index (χ0v) is 13.0. The molecule has 0 N–H and O–H groups in total. The molecule has 0 aliphatic heterocycles. The minimum Gasteiger partial charge on any atom is -0.382 e. The van der Waals surface area contributed by atoms with Gasteiger partial charge in [0.05, 0.1) is 5.52 Å². The molecule has 0 amide bonds. The van der Waals surface area contributed by atoms with Crippen LogP contribution in [0, 0.1) is 0 Å². The van der Waals surface area contributed by atoms with Crippen LogP contribution in [0.25, 0.3) is 22.4 Å². The van der Waals surface area contributed by atoms with E-state index in [4.69, 9.17) is 0 Å².